The summed E-state index contributed by atoms with van der Waals surface area (Å²) in [6.45, 7) is 2.20. The van der Waals surface area contributed by atoms with Crippen LogP contribution >= 0.6 is 0 Å². The van der Waals surface area contributed by atoms with Gasteiger partial charge in [0.05, 0.1) is 12.7 Å². The Morgan fingerprint density at radius 3 is 2.54 bits per heavy atom. The van der Waals surface area contributed by atoms with Crippen LogP contribution in [0.2, 0.25) is 0 Å². The molecule has 0 fully saturated rings. The highest BCUT2D eigenvalue weighted by atomic mass is 16.3. The lowest BCUT2D eigenvalue weighted by atomic mass is 10.0. The van der Waals surface area contributed by atoms with Crippen LogP contribution in [0.5, 0.6) is 0 Å². The van der Waals surface area contributed by atoms with E-state index in [1.807, 2.05) is 37.2 Å². The summed E-state index contributed by atoms with van der Waals surface area (Å²) in [5, 5.41) is 1.10. The summed E-state index contributed by atoms with van der Waals surface area (Å²) in [6, 6.07) is 14.6. The fourth-order valence-electron chi connectivity index (χ4n) is 3.98. The Balaban J connectivity index is 1.54. The molecule has 0 unspecified atom stereocenters. The molecule has 0 saturated carbocycles. The number of fused-ring (bicyclic) bond motifs is 2. The first-order valence-electron chi connectivity index (χ1n) is 10.1. The third-order valence-electron chi connectivity index (χ3n) is 5.60. The molecule has 0 atom stereocenters. The maximum atomic E-state index is 13.2. The molecule has 1 amide bonds. The van der Waals surface area contributed by atoms with Crippen LogP contribution in [0.1, 0.15) is 28.7 Å². The minimum Gasteiger partial charge on any atom is -0.464 e. The number of likely N-dealkylation sites (N-methyl/N-ethyl adjacent to an activating group) is 1. The van der Waals surface area contributed by atoms with Gasteiger partial charge < -0.3 is 14.2 Å². The van der Waals surface area contributed by atoms with Gasteiger partial charge in [0.1, 0.15) is 5.58 Å². The van der Waals surface area contributed by atoms with E-state index in [-0.39, 0.29) is 5.91 Å². The number of amides is 1. The van der Waals surface area contributed by atoms with E-state index in [2.05, 4.69) is 29.2 Å². The summed E-state index contributed by atoms with van der Waals surface area (Å²) in [4.78, 5) is 17.2. The molecule has 1 aliphatic rings. The van der Waals surface area contributed by atoms with E-state index in [1.165, 1.54) is 17.5 Å². The van der Waals surface area contributed by atoms with E-state index in [0.717, 1.165) is 41.5 Å². The molecule has 0 spiro atoms. The topological polar surface area (TPSA) is 36.7 Å². The quantitative estimate of drug-likeness (QED) is 0.624. The lowest BCUT2D eigenvalue weighted by Crippen LogP contribution is -2.37. The molecule has 0 aliphatic heterocycles. The van der Waals surface area contributed by atoms with Gasteiger partial charge in [-0.05, 0) is 62.2 Å². The second-order valence-electron chi connectivity index (χ2n) is 8.01. The highest BCUT2D eigenvalue weighted by Gasteiger charge is 2.20. The zero-order valence-electron chi connectivity index (χ0n) is 16.8. The summed E-state index contributed by atoms with van der Waals surface area (Å²) in [6.07, 6.45) is 5.63. The minimum atomic E-state index is 0.147. The van der Waals surface area contributed by atoms with Gasteiger partial charge in [0, 0.05) is 30.6 Å². The number of hydrogen-bond acceptors (Lipinski definition) is 3. The number of nitrogens with zero attached hydrogens (tertiary/aromatic N) is 2. The van der Waals surface area contributed by atoms with Gasteiger partial charge in [-0.1, -0.05) is 30.3 Å². The van der Waals surface area contributed by atoms with E-state index < -0.39 is 0 Å². The van der Waals surface area contributed by atoms with E-state index in [1.54, 1.807) is 6.26 Å². The number of rotatable bonds is 7. The first kappa shape index (κ1) is 18.8. The predicted molar refractivity (Wildman–Crippen MR) is 112 cm³/mol. The van der Waals surface area contributed by atoms with Gasteiger partial charge in [-0.3, -0.25) is 4.79 Å². The molecule has 4 heteroatoms. The Morgan fingerprint density at radius 1 is 1.04 bits per heavy atom. The fraction of sp³-hybridized carbons (Fsp3) is 0.375. The van der Waals surface area contributed by atoms with E-state index in [9.17, 15) is 4.79 Å². The number of benzene rings is 2. The lowest BCUT2D eigenvalue weighted by molar-refractivity contribution is -0.131. The second-order valence-corrected chi connectivity index (χ2v) is 8.01. The van der Waals surface area contributed by atoms with Crippen LogP contribution in [0.4, 0.5) is 0 Å². The number of aryl methyl sites for hydroxylation is 2. The van der Waals surface area contributed by atoms with E-state index in [4.69, 9.17) is 4.42 Å². The van der Waals surface area contributed by atoms with Gasteiger partial charge in [-0.15, -0.1) is 0 Å². The van der Waals surface area contributed by atoms with Crippen LogP contribution in [0.3, 0.4) is 0 Å². The lowest BCUT2D eigenvalue weighted by Gasteiger charge is -2.24. The van der Waals surface area contributed by atoms with Crippen molar-refractivity contribution in [1.82, 2.24) is 9.80 Å². The second kappa shape index (κ2) is 8.19. The first-order valence-corrected chi connectivity index (χ1v) is 10.1. The molecule has 3 aromatic rings. The molecule has 28 heavy (non-hydrogen) atoms. The standard InChI is InChI=1S/C24H28N2O2/c1-25(2)11-12-26(16-18-7-4-3-5-8-18)24(27)15-21-17-28-23-14-20-10-6-9-19(20)13-22(21)23/h3-5,7-8,13-14,17H,6,9-12,15-16H2,1-2H3. The van der Waals surface area contributed by atoms with Crippen molar-refractivity contribution < 1.29 is 9.21 Å². The molecular formula is C24H28N2O2. The van der Waals surface area contributed by atoms with E-state index >= 15 is 0 Å². The van der Waals surface area contributed by atoms with Crippen molar-refractivity contribution in [3.8, 4) is 0 Å². The highest BCUT2D eigenvalue weighted by molar-refractivity contribution is 5.88. The number of carbonyl (C=O) groups excluding carboxylic acids is 1. The monoisotopic (exact) mass is 376 g/mol. The van der Waals surface area contributed by atoms with Crippen molar-refractivity contribution in [2.75, 3.05) is 27.2 Å². The molecule has 2 aromatic carbocycles. The molecule has 146 valence electrons. The van der Waals surface area contributed by atoms with Crippen molar-refractivity contribution in [3.63, 3.8) is 0 Å². The maximum Gasteiger partial charge on any atom is 0.227 e. The van der Waals surface area contributed by atoms with Gasteiger partial charge in [-0.25, -0.2) is 0 Å². The zero-order chi connectivity index (χ0) is 19.5. The molecule has 1 aromatic heterocycles. The van der Waals surface area contributed by atoms with E-state index in [0.29, 0.717) is 19.5 Å². The summed E-state index contributed by atoms with van der Waals surface area (Å²) in [5.41, 5.74) is 5.88. The average molecular weight is 377 g/mol. The maximum absolute atomic E-state index is 13.2. The van der Waals surface area contributed by atoms with Crippen molar-refractivity contribution in [2.45, 2.75) is 32.2 Å². The normalized spacial score (nSPS) is 13.2. The smallest absolute Gasteiger partial charge is 0.227 e. The number of hydrogen-bond donors (Lipinski definition) is 0. The molecule has 1 heterocycles. The number of furan rings is 1. The highest BCUT2D eigenvalue weighted by Crippen LogP contribution is 2.30. The largest absolute Gasteiger partial charge is 0.464 e. The first-order chi connectivity index (χ1) is 13.6. The fourth-order valence-corrected chi connectivity index (χ4v) is 3.98. The zero-order valence-corrected chi connectivity index (χ0v) is 16.8. The Kier molecular flexibility index (Phi) is 5.49. The molecule has 4 rings (SSSR count). The van der Waals surface area contributed by atoms with Crippen LogP contribution < -0.4 is 0 Å². The Morgan fingerprint density at radius 2 is 1.79 bits per heavy atom. The predicted octanol–water partition coefficient (Wildman–Crippen LogP) is 4.05. The Labute approximate surface area is 166 Å². The van der Waals surface area contributed by atoms with Crippen molar-refractivity contribution in [3.05, 3.63) is 71.0 Å². The van der Waals surface area contributed by atoms with Crippen LogP contribution in [-0.4, -0.2) is 42.9 Å². The third-order valence-corrected chi connectivity index (χ3v) is 5.60. The van der Waals surface area contributed by atoms with Gasteiger partial charge in [0.25, 0.3) is 0 Å². The molecular weight excluding hydrogens is 348 g/mol. The summed E-state index contributed by atoms with van der Waals surface area (Å²) >= 11 is 0. The average Bonchev–Trinajstić information content (AvgIpc) is 3.30. The third kappa shape index (κ3) is 4.12. The van der Waals surface area contributed by atoms with Crippen LogP contribution in [-0.2, 0) is 30.6 Å². The Bertz CT molecular complexity index is 959. The van der Waals surface area contributed by atoms with Crippen molar-refractivity contribution in [1.29, 1.82) is 0 Å². The molecule has 4 nitrogen and oxygen atoms in total. The molecule has 0 radical (unpaired) electrons. The summed E-state index contributed by atoms with van der Waals surface area (Å²) in [7, 11) is 4.07. The summed E-state index contributed by atoms with van der Waals surface area (Å²) < 4.78 is 5.79. The van der Waals surface area contributed by atoms with Gasteiger partial charge in [-0.2, -0.15) is 0 Å². The van der Waals surface area contributed by atoms with Gasteiger partial charge in [0.2, 0.25) is 5.91 Å². The van der Waals surface area contributed by atoms with Gasteiger partial charge >= 0.3 is 0 Å². The molecule has 1 aliphatic carbocycles. The van der Waals surface area contributed by atoms with Crippen LogP contribution in [0, 0.1) is 0 Å². The van der Waals surface area contributed by atoms with Crippen LogP contribution in [0.15, 0.2) is 53.1 Å². The Hall–Kier alpha value is -2.59. The minimum absolute atomic E-state index is 0.147. The molecule has 0 bridgehead atoms. The molecule has 0 N–H and O–H groups in total. The molecule has 0 saturated heterocycles. The summed E-state index contributed by atoms with van der Waals surface area (Å²) in [5.74, 6) is 0.147. The SMILES string of the molecule is CN(C)CCN(Cc1ccccc1)C(=O)Cc1coc2cc3c(cc12)CCC3. The number of carbonyl (C=O) groups is 1. The van der Waals surface area contributed by atoms with Crippen molar-refractivity contribution in [2.24, 2.45) is 0 Å². The van der Waals surface area contributed by atoms with Crippen molar-refractivity contribution >= 4 is 16.9 Å². The van der Waals surface area contributed by atoms with Crippen LogP contribution in [0.25, 0.3) is 11.0 Å². The van der Waals surface area contributed by atoms with Gasteiger partial charge in [0.15, 0.2) is 0 Å².